The number of fused-ring (bicyclic) bond motifs is 2. The largest absolute Gasteiger partial charge is 0.370 e. The van der Waals surface area contributed by atoms with Gasteiger partial charge in [-0.25, -0.2) is 29.9 Å². The molecule has 4 aliphatic heterocycles. The molecule has 0 amide bonds. The van der Waals surface area contributed by atoms with Crippen LogP contribution in [-0.2, 0) is 12.8 Å². The molecule has 0 unspecified atom stereocenters. The molecule has 8 heterocycles. The molecule has 0 bridgehead atoms. The van der Waals surface area contributed by atoms with Crippen LogP contribution in [0.4, 0.5) is 17.5 Å². The summed E-state index contributed by atoms with van der Waals surface area (Å²) in [5.74, 6) is 5.73. The van der Waals surface area contributed by atoms with Crippen LogP contribution in [0.15, 0.2) is 24.3 Å². The van der Waals surface area contributed by atoms with Gasteiger partial charge in [-0.05, 0) is 115 Å². The van der Waals surface area contributed by atoms with Gasteiger partial charge < -0.3 is 20.9 Å². The predicted molar refractivity (Wildman–Crippen MR) is 209 cm³/mol. The van der Waals surface area contributed by atoms with Crippen molar-refractivity contribution in [2.24, 2.45) is 0 Å². The van der Waals surface area contributed by atoms with E-state index in [1.165, 1.54) is 54.6 Å². The second-order valence-corrected chi connectivity index (χ2v) is 14.9. The molecule has 0 aliphatic carbocycles. The molecule has 272 valence electrons. The topological polar surface area (TPSA) is 117 Å². The number of rotatable bonds is 3. The number of aromatic nitrogens is 6. The van der Waals surface area contributed by atoms with Gasteiger partial charge in [-0.2, -0.15) is 0 Å². The van der Waals surface area contributed by atoms with Crippen molar-refractivity contribution in [1.29, 1.82) is 0 Å². The second kappa shape index (κ2) is 17.5. The minimum Gasteiger partial charge on any atom is -0.370 e. The Labute approximate surface area is 317 Å². The third-order valence-corrected chi connectivity index (χ3v) is 11.2. The Hall–Kier alpha value is -3.31. The van der Waals surface area contributed by atoms with Gasteiger partial charge in [-0.1, -0.05) is 46.9 Å². The first-order valence-corrected chi connectivity index (χ1v) is 19.4. The quantitative estimate of drug-likeness (QED) is 0.177. The Morgan fingerprint density at radius 2 is 1.04 bits per heavy atom. The lowest BCUT2D eigenvalue weighted by Crippen LogP contribution is -2.34. The zero-order valence-corrected chi connectivity index (χ0v) is 32.4. The summed E-state index contributed by atoms with van der Waals surface area (Å²) < 4.78 is 0. The van der Waals surface area contributed by atoms with Gasteiger partial charge in [-0.15, -0.1) is 0 Å². The summed E-state index contributed by atoms with van der Waals surface area (Å²) in [6, 6.07) is 8.99. The van der Waals surface area contributed by atoms with Crippen LogP contribution >= 0.6 is 34.8 Å². The van der Waals surface area contributed by atoms with E-state index in [1.54, 1.807) is 13.8 Å². The molecule has 4 aliphatic rings. The number of nitrogens with one attached hydrogen (secondary N) is 3. The molecule has 4 aromatic rings. The van der Waals surface area contributed by atoms with Gasteiger partial charge in [0.2, 0.25) is 0 Å². The summed E-state index contributed by atoms with van der Waals surface area (Å²) in [6.07, 6.45) is 9.40. The molecule has 4 aromatic heterocycles. The van der Waals surface area contributed by atoms with E-state index < -0.39 is 0 Å². The molecule has 0 saturated carbocycles. The van der Waals surface area contributed by atoms with Gasteiger partial charge >= 0.3 is 0 Å². The minimum atomic E-state index is 0.428. The molecule has 3 N–H and O–H groups in total. The molecule has 0 radical (unpaired) electrons. The van der Waals surface area contributed by atoms with Crippen molar-refractivity contribution in [3.05, 3.63) is 85.0 Å². The highest BCUT2D eigenvalue weighted by atomic mass is 35.5. The van der Waals surface area contributed by atoms with Crippen LogP contribution in [0.3, 0.4) is 0 Å². The van der Waals surface area contributed by atoms with Crippen molar-refractivity contribution in [2.45, 2.75) is 90.9 Å². The van der Waals surface area contributed by atoms with E-state index in [9.17, 15) is 0 Å². The molecular weight excluding hydrogens is 703 g/mol. The first kappa shape index (κ1) is 37.4. The Morgan fingerprint density at radius 3 is 1.57 bits per heavy atom. The Kier molecular flexibility index (Phi) is 12.8. The van der Waals surface area contributed by atoms with Crippen molar-refractivity contribution >= 4 is 52.3 Å². The normalized spacial score (nSPS) is 17.4. The van der Waals surface area contributed by atoms with Gasteiger partial charge in [0.1, 0.15) is 44.6 Å². The van der Waals surface area contributed by atoms with Gasteiger partial charge in [0.25, 0.3) is 0 Å². The monoisotopic (exact) mass is 750 g/mol. The number of piperidine rings is 2. The average molecular weight is 752 g/mol. The lowest BCUT2D eigenvalue weighted by atomic mass is 9.92. The maximum absolute atomic E-state index is 6.24. The molecule has 2 saturated heterocycles. The number of hydrogen-bond acceptors (Lipinski definition) is 10. The van der Waals surface area contributed by atoms with E-state index in [-0.39, 0.29) is 0 Å². The standard InChI is InChI=1S/C19H24ClN5.C13H19N3.C6H6Cl2N2/c1-12-17(20)22-13(2)23-19(12)25-10-7-14(8-11-25)16-6-5-15-4-3-9-21-18(15)24-16;1-2-11-3-4-12(16-13(11)15-7-1)10-5-8-14-9-6-10;1-3-5(7)9-4(2)10-6(3)8/h5-6,14H,3-4,7-11H2,1-2H3,(H,21,24);3-4,10,14H,1-2,5-9H2,(H,15,16);1-2H3. The average Bonchev–Trinajstić information content (AvgIpc) is 3.16. The number of hydrogen-bond donors (Lipinski definition) is 3. The van der Waals surface area contributed by atoms with Crippen LogP contribution in [0, 0.1) is 27.7 Å². The van der Waals surface area contributed by atoms with E-state index in [2.05, 4.69) is 65.1 Å². The van der Waals surface area contributed by atoms with E-state index >= 15 is 0 Å². The minimum absolute atomic E-state index is 0.428. The Morgan fingerprint density at radius 1 is 0.569 bits per heavy atom. The van der Waals surface area contributed by atoms with Crippen LogP contribution < -0.4 is 20.9 Å². The van der Waals surface area contributed by atoms with Crippen LogP contribution in [0.25, 0.3) is 0 Å². The fourth-order valence-electron chi connectivity index (χ4n) is 7.10. The highest BCUT2D eigenvalue weighted by molar-refractivity contribution is 6.34. The number of anilines is 3. The van der Waals surface area contributed by atoms with E-state index in [1.807, 2.05) is 13.8 Å². The van der Waals surface area contributed by atoms with E-state index in [0.29, 0.717) is 33.1 Å². The fourth-order valence-corrected chi connectivity index (χ4v) is 7.78. The van der Waals surface area contributed by atoms with Crippen LogP contribution in [-0.4, -0.2) is 69.2 Å². The third-order valence-electron chi connectivity index (χ3n) is 10.1. The Balaban J connectivity index is 0.000000147. The maximum atomic E-state index is 6.24. The molecule has 0 atom stereocenters. The fraction of sp³-hybridized carbons (Fsp3) is 0.526. The molecular formula is C38H49Cl3N10. The van der Waals surface area contributed by atoms with Crippen LogP contribution in [0.1, 0.15) is 95.7 Å². The molecule has 51 heavy (non-hydrogen) atoms. The third kappa shape index (κ3) is 9.57. The summed E-state index contributed by atoms with van der Waals surface area (Å²) in [4.78, 5) is 28.7. The zero-order valence-electron chi connectivity index (χ0n) is 30.1. The van der Waals surface area contributed by atoms with Crippen molar-refractivity contribution in [1.82, 2.24) is 35.2 Å². The second-order valence-electron chi connectivity index (χ2n) is 13.8. The molecule has 10 nitrogen and oxygen atoms in total. The summed E-state index contributed by atoms with van der Waals surface area (Å²) >= 11 is 17.6. The number of pyridine rings is 2. The SMILES string of the molecule is Cc1nc(Cl)c(C)c(Cl)n1.Cc1nc(Cl)c(C)c(N2CCC(c3ccc4c(n3)NCCC4)CC2)n1.c1cc2c(nc1C1CCNCC1)NCCC2. The van der Waals surface area contributed by atoms with Crippen molar-refractivity contribution in [2.75, 3.05) is 54.8 Å². The lowest BCUT2D eigenvalue weighted by Gasteiger charge is -2.34. The maximum Gasteiger partial charge on any atom is 0.137 e. The summed E-state index contributed by atoms with van der Waals surface area (Å²) in [7, 11) is 0. The molecule has 2 fully saturated rings. The first-order valence-electron chi connectivity index (χ1n) is 18.3. The van der Waals surface area contributed by atoms with Crippen LogP contribution in [0.2, 0.25) is 15.5 Å². The molecule has 8 rings (SSSR count). The van der Waals surface area contributed by atoms with Gasteiger partial charge in [0, 0.05) is 60.5 Å². The smallest absolute Gasteiger partial charge is 0.137 e. The molecule has 0 aromatic carbocycles. The lowest BCUT2D eigenvalue weighted by molar-refractivity contribution is 0.453. The van der Waals surface area contributed by atoms with E-state index in [4.69, 9.17) is 44.8 Å². The van der Waals surface area contributed by atoms with Gasteiger partial charge in [-0.3, -0.25) is 0 Å². The number of nitrogens with zero attached hydrogens (tertiary/aromatic N) is 7. The highest BCUT2D eigenvalue weighted by Crippen LogP contribution is 2.33. The summed E-state index contributed by atoms with van der Waals surface area (Å²) in [5, 5.41) is 11.7. The summed E-state index contributed by atoms with van der Waals surface area (Å²) in [5.41, 5.74) is 6.96. The van der Waals surface area contributed by atoms with Crippen molar-refractivity contribution in [3.63, 3.8) is 0 Å². The highest BCUT2D eigenvalue weighted by Gasteiger charge is 2.25. The Bertz CT molecular complexity index is 1780. The zero-order chi connectivity index (χ0) is 35.9. The van der Waals surface area contributed by atoms with E-state index in [0.717, 1.165) is 92.9 Å². The van der Waals surface area contributed by atoms with Gasteiger partial charge in [0.05, 0.1) is 0 Å². The van der Waals surface area contributed by atoms with Crippen LogP contribution in [0.5, 0.6) is 0 Å². The molecule has 13 heteroatoms. The van der Waals surface area contributed by atoms with Crippen molar-refractivity contribution in [3.8, 4) is 0 Å². The van der Waals surface area contributed by atoms with Gasteiger partial charge in [0.15, 0.2) is 0 Å². The predicted octanol–water partition coefficient (Wildman–Crippen LogP) is 8.19. The molecule has 0 spiro atoms. The number of aryl methyl sites for hydroxylation is 4. The number of halogens is 3. The first-order chi connectivity index (χ1) is 24.7. The van der Waals surface area contributed by atoms with Crippen molar-refractivity contribution < 1.29 is 0 Å². The summed E-state index contributed by atoms with van der Waals surface area (Å²) in [6.45, 7) is 13.8.